The third-order valence-corrected chi connectivity index (χ3v) is 3.69. The van der Waals surface area contributed by atoms with Crippen molar-refractivity contribution in [3.05, 3.63) is 18.2 Å². The van der Waals surface area contributed by atoms with E-state index in [1.807, 2.05) is 18.2 Å². The van der Waals surface area contributed by atoms with Gasteiger partial charge in [0.2, 0.25) is 0 Å². The minimum Gasteiger partial charge on any atom is -0.491 e. The number of ether oxygens (including phenoxy) is 1. The van der Waals surface area contributed by atoms with E-state index in [0.29, 0.717) is 6.61 Å². The quantitative estimate of drug-likeness (QED) is 0.566. The number of rotatable bonds is 8. The number of hydrogen-bond donors (Lipinski definition) is 2. The molecular weight excluding hydrogens is 250 g/mol. The van der Waals surface area contributed by atoms with Crippen molar-refractivity contribution in [3.63, 3.8) is 0 Å². The Labute approximate surface area is 122 Å². The summed E-state index contributed by atoms with van der Waals surface area (Å²) >= 11 is 0. The Morgan fingerprint density at radius 1 is 1.30 bits per heavy atom. The maximum atomic E-state index is 6.13. The molecule has 1 aromatic rings. The fraction of sp³-hybridized carbons (Fsp3) is 0.625. The van der Waals surface area contributed by atoms with Crippen LogP contribution in [0.15, 0.2) is 18.2 Å². The Hall–Kier alpha value is -1.42. The molecule has 0 unspecified atom stereocenters. The van der Waals surface area contributed by atoms with Crippen LogP contribution < -0.4 is 15.8 Å². The number of nitrogens with two attached hydrogens (primary N) is 1. The van der Waals surface area contributed by atoms with Gasteiger partial charge in [0.1, 0.15) is 5.75 Å². The van der Waals surface area contributed by atoms with Crippen LogP contribution in [0.25, 0.3) is 0 Å². The maximum absolute atomic E-state index is 6.13. The minimum atomic E-state index is 0.711. The number of nitrogens with zero attached hydrogens (tertiary/aromatic N) is 1. The Morgan fingerprint density at radius 3 is 2.85 bits per heavy atom. The summed E-state index contributed by atoms with van der Waals surface area (Å²) in [6.07, 6.45) is 4.86. The third kappa shape index (κ3) is 4.30. The molecule has 1 aromatic carbocycles. The molecule has 0 bridgehead atoms. The Morgan fingerprint density at radius 2 is 2.10 bits per heavy atom. The number of anilines is 2. The number of hydrogen-bond acceptors (Lipinski definition) is 4. The molecule has 0 amide bonds. The summed E-state index contributed by atoms with van der Waals surface area (Å²) in [5, 5.41) is 3.42. The van der Waals surface area contributed by atoms with Crippen LogP contribution in [0.5, 0.6) is 5.75 Å². The molecule has 0 spiro atoms. The minimum absolute atomic E-state index is 0.711. The highest BCUT2D eigenvalue weighted by Crippen LogP contribution is 2.29. The van der Waals surface area contributed by atoms with Gasteiger partial charge in [0.25, 0.3) is 0 Å². The Bertz CT molecular complexity index is 403. The molecule has 1 heterocycles. The smallest absolute Gasteiger partial charge is 0.144 e. The number of nitrogen functional groups attached to an aromatic ring is 1. The predicted molar refractivity (Wildman–Crippen MR) is 85.4 cm³/mol. The van der Waals surface area contributed by atoms with Crippen LogP contribution in [0.3, 0.4) is 0 Å². The molecule has 2 rings (SSSR count). The second kappa shape index (κ2) is 8.00. The Balaban J connectivity index is 1.76. The molecule has 1 aliphatic rings. The first kappa shape index (κ1) is 15.0. The van der Waals surface area contributed by atoms with Crippen LogP contribution in [0, 0.1) is 0 Å². The zero-order valence-electron chi connectivity index (χ0n) is 12.5. The SMILES string of the molecule is CCCOc1cccc(NCCCN2CCCC2)c1N. The summed E-state index contributed by atoms with van der Waals surface area (Å²) in [7, 11) is 0. The second-order valence-electron chi connectivity index (χ2n) is 5.39. The average Bonchev–Trinajstić information content (AvgIpc) is 2.97. The summed E-state index contributed by atoms with van der Waals surface area (Å²) in [5.74, 6) is 0.788. The monoisotopic (exact) mass is 277 g/mol. The number of benzene rings is 1. The molecule has 4 nitrogen and oxygen atoms in total. The van der Waals surface area contributed by atoms with Crippen molar-refractivity contribution in [2.75, 3.05) is 43.8 Å². The van der Waals surface area contributed by atoms with Crippen LogP contribution in [0.4, 0.5) is 11.4 Å². The molecule has 1 aliphatic heterocycles. The number of nitrogens with one attached hydrogen (secondary N) is 1. The summed E-state index contributed by atoms with van der Waals surface area (Å²) in [6.45, 7) is 7.47. The lowest BCUT2D eigenvalue weighted by atomic mass is 10.2. The molecular formula is C16H27N3O. The van der Waals surface area contributed by atoms with Gasteiger partial charge in [-0.2, -0.15) is 0 Å². The summed E-state index contributed by atoms with van der Waals surface area (Å²) in [5.41, 5.74) is 7.84. The first-order valence-electron chi connectivity index (χ1n) is 7.78. The summed E-state index contributed by atoms with van der Waals surface area (Å²) < 4.78 is 5.64. The molecule has 0 saturated carbocycles. The molecule has 0 aromatic heterocycles. The number of para-hydroxylation sites is 1. The second-order valence-corrected chi connectivity index (χ2v) is 5.39. The van der Waals surface area contributed by atoms with E-state index in [1.54, 1.807) is 0 Å². The van der Waals surface area contributed by atoms with Crippen molar-refractivity contribution in [1.82, 2.24) is 4.90 Å². The number of likely N-dealkylation sites (tertiary alicyclic amines) is 1. The fourth-order valence-electron chi connectivity index (χ4n) is 2.57. The molecule has 4 heteroatoms. The highest BCUT2D eigenvalue weighted by molar-refractivity contribution is 5.72. The molecule has 0 aliphatic carbocycles. The van der Waals surface area contributed by atoms with E-state index in [0.717, 1.165) is 36.5 Å². The van der Waals surface area contributed by atoms with Gasteiger partial charge < -0.3 is 20.7 Å². The Kier molecular flexibility index (Phi) is 5.99. The lowest BCUT2D eigenvalue weighted by Crippen LogP contribution is -2.22. The van der Waals surface area contributed by atoms with Gasteiger partial charge in [0.15, 0.2) is 0 Å². The van der Waals surface area contributed by atoms with E-state index < -0.39 is 0 Å². The predicted octanol–water partition coefficient (Wildman–Crippen LogP) is 2.96. The van der Waals surface area contributed by atoms with E-state index in [-0.39, 0.29) is 0 Å². The van der Waals surface area contributed by atoms with Crippen LogP contribution >= 0.6 is 0 Å². The standard InChI is InChI=1S/C16H27N3O/c1-2-13-20-15-8-5-7-14(16(15)17)18-9-6-12-19-10-3-4-11-19/h5,7-8,18H,2-4,6,9-13,17H2,1H3. The van der Waals surface area contributed by atoms with Gasteiger partial charge in [-0.25, -0.2) is 0 Å². The van der Waals surface area contributed by atoms with E-state index in [1.165, 1.54) is 32.5 Å². The van der Waals surface area contributed by atoms with Crippen molar-refractivity contribution in [2.24, 2.45) is 0 Å². The zero-order chi connectivity index (χ0) is 14.2. The van der Waals surface area contributed by atoms with E-state index in [9.17, 15) is 0 Å². The van der Waals surface area contributed by atoms with Gasteiger partial charge in [-0.3, -0.25) is 0 Å². The van der Waals surface area contributed by atoms with Crippen molar-refractivity contribution in [1.29, 1.82) is 0 Å². The van der Waals surface area contributed by atoms with Crippen LogP contribution in [0.2, 0.25) is 0 Å². The van der Waals surface area contributed by atoms with Crippen molar-refractivity contribution < 1.29 is 4.74 Å². The topological polar surface area (TPSA) is 50.5 Å². The molecule has 3 N–H and O–H groups in total. The molecule has 1 fully saturated rings. The average molecular weight is 277 g/mol. The highest BCUT2D eigenvalue weighted by Gasteiger charge is 2.10. The normalized spacial score (nSPS) is 15.4. The first-order chi connectivity index (χ1) is 9.81. The molecule has 0 radical (unpaired) electrons. The van der Waals surface area contributed by atoms with Gasteiger partial charge in [-0.05, 0) is 57.5 Å². The maximum Gasteiger partial charge on any atom is 0.144 e. The van der Waals surface area contributed by atoms with Crippen LogP contribution in [-0.2, 0) is 0 Å². The lowest BCUT2D eigenvalue weighted by Gasteiger charge is -2.16. The third-order valence-electron chi connectivity index (χ3n) is 3.69. The van der Waals surface area contributed by atoms with Gasteiger partial charge in [0, 0.05) is 6.54 Å². The molecule has 112 valence electrons. The van der Waals surface area contributed by atoms with Gasteiger partial charge >= 0.3 is 0 Å². The summed E-state index contributed by atoms with van der Waals surface area (Å²) in [6, 6.07) is 5.94. The van der Waals surface area contributed by atoms with Crippen molar-refractivity contribution in [3.8, 4) is 5.75 Å². The van der Waals surface area contributed by atoms with E-state index in [4.69, 9.17) is 10.5 Å². The van der Waals surface area contributed by atoms with Crippen molar-refractivity contribution in [2.45, 2.75) is 32.6 Å². The summed E-state index contributed by atoms with van der Waals surface area (Å²) in [4.78, 5) is 2.53. The molecule has 0 atom stereocenters. The lowest BCUT2D eigenvalue weighted by molar-refractivity contribution is 0.319. The van der Waals surface area contributed by atoms with Crippen molar-refractivity contribution >= 4 is 11.4 Å². The van der Waals surface area contributed by atoms with E-state index in [2.05, 4.69) is 17.1 Å². The zero-order valence-corrected chi connectivity index (χ0v) is 12.5. The first-order valence-corrected chi connectivity index (χ1v) is 7.78. The van der Waals surface area contributed by atoms with Gasteiger partial charge in [-0.1, -0.05) is 13.0 Å². The molecule has 20 heavy (non-hydrogen) atoms. The fourth-order valence-corrected chi connectivity index (χ4v) is 2.57. The van der Waals surface area contributed by atoms with E-state index >= 15 is 0 Å². The van der Waals surface area contributed by atoms with Gasteiger partial charge in [-0.15, -0.1) is 0 Å². The van der Waals surface area contributed by atoms with Gasteiger partial charge in [0.05, 0.1) is 18.0 Å². The molecule has 1 saturated heterocycles. The highest BCUT2D eigenvalue weighted by atomic mass is 16.5. The van der Waals surface area contributed by atoms with Crippen LogP contribution in [-0.4, -0.2) is 37.7 Å². The van der Waals surface area contributed by atoms with Crippen LogP contribution in [0.1, 0.15) is 32.6 Å². The largest absolute Gasteiger partial charge is 0.491 e.